The van der Waals surface area contributed by atoms with Crippen LogP contribution in [0.25, 0.3) is 0 Å². The molecule has 2 N–H and O–H groups in total. The SMILES string of the molecule is CC1=NCCN1.O=[N+]([O-])c1cccc(O)c1[N+](=O)[O-]. The third kappa shape index (κ3) is 3.91. The van der Waals surface area contributed by atoms with Crippen LogP contribution in [0, 0.1) is 20.2 Å². The molecule has 102 valence electrons. The third-order valence-electron chi connectivity index (χ3n) is 2.21. The van der Waals surface area contributed by atoms with Crippen molar-refractivity contribution in [3.63, 3.8) is 0 Å². The molecule has 0 bridgehead atoms. The molecule has 0 radical (unpaired) electrons. The minimum atomic E-state index is -0.993. The fraction of sp³-hybridized carbons (Fsp3) is 0.300. The summed E-state index contributed by atoms with van der Waals surface area (Å²) in [6, 6.07) is 3.14. The zero-order valence-electron chi connectivity index (χ0n) is 10.1. The molecule has 0 amide bonds. The molecule has 0 saturated carbocycles. The van der Waals surface area contributed by atoms with E-state index in [0.29, 0.717) is 0 Å². The zero-order chi connectivity index (χ0) is 14.4. The molecule has 0 aromatic heterocycles. The van der Waals surface area contributed by atoms with Gasteiger partial charge in [-0.15, -0.1) is 0 Å². The van der Waals surface area contributed by atoms with Crippen molar-refractivity contribution < 1.29 is 15.0 Å². The minimum absolute atomic E-state index is 0.709. The average molecular weight is 268 g/mol. The number of hydrogen-bond donors (Lipinski definition) is 2. The number of phenolic OH excluding ortho intramolecular Hbond substituents is 1. The molecule has 1 aromatic carbocycles. The number of rotatable bonds is 2. The molecule has 1 heterocycles. The monoisotopic (exact) mass is 268 g/mol. The van der Waals surface area contributed by atoms with Crippen molar-refractivity contribution in [3.05, 3.63) is 38.4 Å². The van der Waals surface area contributed by atoms with Crippen molar-refractivity contribution in [2.75, 3.05) is 13.1 Å². The molecule has 0 fully saturated rings. The third-order valence-corrected chi connectivity index (χ3v) is 2.21. The predicted molar refractivity (Wildman–Crippen MR) is 67.4 cm³/mol. The van der Waals surface area contributed by atoms with Gasteiger partial charge >= 0.3 is 11.4 Å². The summed E-state index contributed by atoms with van der Waals surface area (Å²) >= 11 is 0. The Bertz CT molecular complexity index is 529. The van der Waals surface area contributed by atoms with Crippen LogP contribution in [0.5, 0.6) is 5.75 Å². The van der Waals surface area contributed by atoms with E-state index in [1.807, 2.05) is 6.92 Å². The van der Waals surface area contributed by atoms with E-state index in [-0.39, 0.29) is 0 Å². The number of nitrogens with zero attached hydrogens (tertiary/aromatic N) is 3. The Hall–Kier alpha value is -2.71. The summed E-state index contributed by atoms with van der Waals surface area (Å²) in [7, 11) is 0. The highest BCUT2D eigenvalue weighted by Gasteiger charge is 2.27. The number of benzene rings is 1. The molecule has 9 heteroatoms. The smallest absolute Gasteiger partial charge is 0.387 e. The predicted octanol–water partition coefficient (Wildman–Crippen LogP) is 1.22. The molecule has 1 aliphatic rings. The molecular formula is C10H12N4O5. The minimum Gasteiger partial charge on any atom is -0.502 e. The van der Waals surface area contributed by atoms with Gasteiger partial charge in [-0.25, -0.2) is 0 Å². The van der Waals surface area contributed by atoms with Gasteiger partial charge in [-0.05, 0) is 13.0 Å². The van der Waals surface area contributed by atoms with E-state index in [0.717, 1.165) is 31.1 Å². The summed E-state index contributed by atoms with van der Waals surface area (Å²) in [5, 5.41) is 32.6. The van der Waals surface area contributed by atoms with E-state index >= 15 is 0 Å². The maximum Gasteiger partial charge on any atom is 0.387 e. The van der Waals surface area contributed by atoms with Crippen LogP contribution in [0.15, 0.2) is 23.2 Å². The number of nitro groups is 2. The van der Waals surface area contributed by atoms with E-state index in [2.05, 4.69) is 10.3 Å². The van der Waals surface area contributed by atoms with E-state index in [1.54, 1.807) is 0 Å². The highest BCUT2D eigenvalue weighted by Crippen LogP contribution is 2.34. The number of amidine groups is 1. The number of nitrogens with one attached hydrogen (secondary N) is 1. The summed E-state index contributed by atoms with van der Waals surface area (Å²) in [5.41, 5.74) is -1.60. The van der Waals surface area contributed by atoms with Gasteiger partial charge in [0.15, 0.2) is 0 Å². The van der Waals surface area contributed by atoms with Gasteiger partial charge in [-0.3, -0.25) is 25.2 Å². The molecule has 0 atom stereocenters. The Kier molecular flexibility index (Phi) is 4.75. The van der Waals surface area contributed by atoms with E-state index in [4.69, 9.17) is 5.11 Å². The number of para-hydroxylation sites is 1. The fourth-order valence-corrected chi connectivity index (χ4v) is 1.37. The van der Waals surface area contributed by atoms with Crippen LogP contribution >= 0.6 is 0 Å². The Morgan fingerprint density at radius 1 is 1.32 bits per heavy atom. The molecule has 0 spiro atoms. The van der Waals surface area contributed by atoms with Gasteiger partial charge < -0.3 is 10.4 Å². The highest BCUT2D eigenvalue weighted by atomic mass is 16.6. The number of nitro benzene ring substituents is 2. The van der Waals surface area contributed by atoms with Gasteiger partial charge in [-0.1, -0.05) is 6.07 Å². The lowest BCUT2D eigenvalue weighted by Crippen LogP contribution is -2.13. The Labute approximate surface area is 107 Å². The molecule has 9 nitrogen and oxygen atoms in total. The number of phenols is 1. The summed E-state index contributed by atoms with van der Waals surface area (Å²) in [6.45, 7) is 3.98. The van der Waals surface area contributed by atoms with Crippen LogP contribution < -0.4 is 5.32 Å². The van der Waals surface area contributed by atoms with Crippen molar-refractivity contribution in [2.45, 2.75) is 6.92 Å². The van der Waals surface area contributed by atoms with Gasteiger partial charge in [0.25, 0.3) is 0 Å². The second-order valence-electron chi connectivity index (χ2n) is 3.55. The number of aromatic hydroxyl groups is 1. The van der Waals surface area contributed by atoms with Crippen LogP contribution in [0.4, 0.5) is 11.4 Å². The van der Waals surface area contributed by atoms with Crippen LogP contribution in [-0.2, 0) is 0 Å². The summed E-state index contributed by atoms with van der Waals surface area (Å²) in [5.74, 6) is 0.370. The molecule has 1 aliphatic heterocycles. The molecule has 1 aromatic rings. The lowest BCUT2D eigenvalue weighted by Gasteiger charge is -1.95. The lowest BCUT2D eigenvalue weighted by atomic mass is 10.2. The maximum absolute atomic E-state index is 10.3. The molecule has 0 saturated heterocycles. The van der Waals surface area contributed by atoms with E-state index in [9.17, 15) is 20.2 Å². The summed E-state index contributed by atoms with van der Waals surface area (Å²) in [4.78, 5) is 22.7. The molecule has 0 unspecified atom stereocenters. The zero-order valence-corrected chi connectivity index (χ0v) is 10.1. The van der Waals surface area contributed by atoms with Crippen LogP contribution in [0.3, 0.4) is 0 Å². The summed E-state index contributed by atoms with van der Waals surface area (Å²) in [6.07, 6.45) is 0. The van der Waals surface area contributed by atoms with Crippen molar-refractivity contribution >= 4 is 17.2 Å². The second kappa shape index (κ2) is 6.28. The Morgan fingerprint density at radius 2 is 2.00 bits per heavy atom. The van der Waals surface area contributed by atoms with Crippen molar-refractivity contribution in [2.24, 2.45) is 4.99 Å². The van der Waals surface area contributed by atoms with Gasteiger partial charge in [-0.2, -0.15) is 0 Å². The topological polar surface area (TPSA) is 131 Å². The molecular weight excluding hydrogens is 256 g/mol. The van der Waals surface area contributed by atoms with Crippen molar-refractivity contribution in [1.82, 2.24) is 5.32 Å². The molecule has 2 rings (SSSR count). The Morgan fingerprint density at radius 3 is 2.32 bits per heavy atom. The first-order chi connectivity index (χ1) is 8.93. The lowest BCUT2D eigenvalue weighted by molar-refractivity contribution is -0.423. The summed E-state index contributed by atoms with van der Waals surface area (Å²) < 4.78 is 0. The van der Waals surface area contributed by atoms with E-state index < -0.39 is 27.0 Å². The average Bonchev–Trinajstić information content (AvgIpc) is 2.80. The van der Waals surface area contributed by atoms with Crippen LogP contribution in [0.1, 0.15) is 6.92 Å². The second-order valence-corrected chi connectivity index (χ2v) is 3.55. The fourth-order valence-electron chi connectivity index (χ4n) is 1.37. The van der Waals surface area contributed by atoms with Crippen LogP contribution in [-0.4, -0.2) is 33.9 Å². The quantitative estimate of drug-likeness (QED) is 0.612. The van der Waals surface area contributed by atoms with Gasteiger partial charge in [0.1, 0.15) is 0 Å². The number of aliphatic imine (C=N–C) groups is 1. The van der Waals surface area contributed by atoms with Crippen molar-refractivity contribution in [3.8, 4) is 5.75 Å². The first kappa shape index (κ1) is 14.4. The highest BCUT2D eigenvalue weighted by molar-refractivity contribution is 5.80. The van der Waals surface area contributed by atoms with Gasteiger partial charge in [0, 0.05) is 12.6 Å². The first-order valence-corrected chi connectivity index (χ1v) is 5.29. The molecule has 19 heavy (non-hydrogen) atoms. The largest absolute Gasteiger partial charge is 0.502 e. The standard InChI is InChI=1S/C6H4N2O5.C4H8N2/c9-5-3-1-2-4(7(10)11)6(5)8(12)13;1-4-5-2-3-6-4/h1-3,9H;2-3H2,1H3,(H,5,6). The van der Waals surface area contributed by atoms with Crippen molar-refractivity contribution in [1.29, 1.82) is 0 Å². The van der Waals surface area contributed by atoms with E-state index in [1.165, 1.54) is 6.07 Å². The number of hydrogen-bond acceptors (Lipinski definition) is 7. The maximum atomic E-state index is 10.3. The first-order valence-electron chi connectivity index (χ1n) is 5.29. The molecule has 0 aliphatic carbocycles. The van der Waals surface area contributed by atoms with Crippen LogP contribution in [0.2, 0.25) is 0 Å². The van der Waals surface area contributed by atoms with Gasteiger partial charge in [0.2, 0.25) is 5.75 Å². The van der Waals surface area contributed by atoms with Gasteiger partial charge in [0.05, 0.1) is 22.2 Å². The normalized spacial score (nSPS) is 12.8. The Balaban J connectivity index is 0.000000250.